The zero-order valence-corrected chi connectivity index (χ0v) is 16.0. The first-order valence-corrected chi connectivity index (χ1v) is 9.40. The van der Waals surface area contributed by atoms with E-state index in [2.05, 4.69) is 4.72 Å². The van der Waals surface area contributed by atoms with Crippen LogP contribution in [0.5, 0.6) is 11.5 Å². The van der Waals surface area contributed by atoms with Crippen LogP contribution < -0.4 is 14.2 Å². The number of sulfonamides is 1. The van der Waals surface area contributed by atoms with Crippen LogP contribution in [0, 0.1) is 5.82 Å². The second kappa shape index (κ2) is 8.48. The van der Waals surface area contributed by atoms with Crippen molar-refractivity contribution in [1.29, 1.82) is 0 Å². The van der Waals surface area contributed by atoms with Crippen molar-refractivity contribution in [3.8, 4) is 11.5 Å². The fourth-order valence-corrected chi connectivity index (χ4v) is 3.59. The van der Waals surface area contributed by atoms with Gasteiger partial charge in [-0.05, 0) is 43.9 Å². The summed E-state index contributed by atoms with van der Waals surface area (Å²) in [6, 6.07) is 10.1. The van der Waals surface area contributed by atoms with Gasteiger partial charge in [0.1, 0.15) is 5.82 Å². The van der Waals surface area contributed by atoms with Gasteiger partial charge in [-0.15, -0.1) is 0 Å². The maximum atomic E-state index is 13.1. The number of ether oxygens (including phenoxy) is 2. The van der Waals surface area contributed by atoms with E-state index in [-0.39, 0.29) is 23.3 Å². The van der Waals surface area contributed by atoms with Crippen molar-refractivity contribution >= 4 is 10.0 Å². The molecule has 0 aliphatic carbocycles. The van der Waals surface area contributed by atoms with Crippen LogP contribution in [0.1, 0.15) is 11.6 Å². The molecule has 2 aromatic rings. The van der Waals surface area contributed by atoms with Crippen LogP contribution in [0.15, 0.2) is 47.4 Å². The number of benzene rings is 2. The van der Waals surface area contributed by atoms with E-state index >= 15 is 0 Å². The molecule has 0 heterocycles. The average molecular weight is 382 g/mol. The Hall–Kier alpha value is -2.16. The fourth-order valence-electron chi connectivity index (χ4n) is 2.54. The Kier molecular flexibility index (Phi) is 6.57. The highest BCUT2D eigenvalue weighted by Crippen LogP contribution is 2.29. The Morgan fingerprint density at radius 2 is 1.65 bits per heavy atom. The average Bonchev–Trinajstić information content (AvgIpc) is 2.62. The second-order valence-corrected chi connectivity index (χ2v) is 7.67. The molecule has 0 saturated carbocycles. The molecule has 2 rings (SSSR count). The van der Waals surface area contributed by atoms with Gasteiger partial charge in [0.05, 0.1) is 19.1 Å². The van der Waals surface area contributed by atoms with Crippen LogP contribution in [0.4, 0.5) is 4.39 Å². The van der Waals surface area contributed by atoms with Crippen LogP contribution in [-0.2, 0) is 10.0 Å². The number of hydrogen-bond donors (Lipinski definition) is 1. The van der Waals surface area contributed by atoms with Crippen molar-refractivity contribution in [2.75, 3.05) is 34.9 Å². The molecule has 142 valence electrons. The lowest BCUT2D eigenvalue weighted by Gasteiger charge is -2.25. The fraction of sp³-hybridized carbons (Fsp3) is 0.333. The molecule has 0 amide bonds. The highest BCUT2D eigenvalue weighted by molar-refractivity contribution is 7.89. The highest BCUT2D eigenvalue weighted by atomic mass is 32.2. The molecule has 0 fully saturated rings. The number of halogens is 1. The van der Waals surface area contributed by atoms with Crippen LogP contribution in [0.2, 0.25) is 0 Å². The van der Waals surface area contributed by atoms with E-state index in [1.165, 1.54) is 44.6 Å². The lowest BCUT2D eigenvalue weighted by atomic mass is 10.1. The molecule has 1 unspecified atom stereocenters. The molecule has 8 heteroatoms. The van der Waals surface area contributed by atoms with Gasteiger partial charge in [0, 0.05) is 18.7 Å². The van der Waals surface area contributed by atoms with Crippen LogP contribution in [0.3, 0.4) is 0 Å². The van der Waals surface area contributed by atoms with Gasteiger partial charge < -0.3 is 14.4 Å². The van der Waals surface area contributed by atoms with Gasteiger partial charge in [0.15, 0.2) is 11.5 Å². The molecule has 0 radical (unpaired) electrons. The lowest BCUT2D eigenvalue weighted by Crippen LogP contribution is -2.34. The first kappa shape index (κ1) is 20.2. The Morgan fingerprint density at radius 3 is 2.19 bits per heavy atom. The van der Waals surface area contributed by atoms with Gasteiger partial charge in [0.2, 0.25) is 10.0 Å². The SMILES string of the molecule is COc1ccc(S(=O)(=O)NCC(c2ccc(F)cc2)N(C)C)cc1OC. The van der Waals surface area contributed by atoms with Crippen molar-refractivity contribution in [1.82, 2.24) is 9.62 Å². The summed E-state index contributed by atoms with van der Waals surface area (Å²) in [7, 11) is 2.84. The minimum Gasteiger partial charge on any atom is -0.493 e. The highest BCUT2D eigenvalue weighted by Gasteiger charge is 2.21. The smallest absolute Gasteiger partial charge is 0.240 e. The molecule has 0 spiro atoms. The Balaban J connectivity index is 2.21. The quantitative estimate of drug-likeness (QED) is 0.760. The number of nitrogens with one attached hydrogen (secondary N) is 1. The molecule has 0 aliphatic rings. The molecular formula is C18H23FN2O4S. The second-order valence-electron chi connectivity index (χ2n) is 5.90. The first-order valence-electron chi connectivity index (χ1n) is 7.92. The minimum atomic E-state index is -3.75. The monoisotopic (exact) mass is 382 g/mol. The normalized spacial score (nSPS) is 12.8. The van der Waals surface area contributed by atoms with Crippen LogP contribution in [0.25, 0.3) is 0 Å². The van der Waals surface area contributed by atoms with Gasteiger partial charge in [0.25, 0.3) is 0 Å². The number of rotatable bonds is 8. The number of nitrogens with zero attached hydrogens (tertiary/aromatic N) is 1. The molecular weight excluding hydrogens is 359 g/mol. The predicted molar refractivity (Wildman–Crippen MR) is 97.6 cm³/mol. The molecule has 0 aliphatic heterocycles. The van der Waals surface area contributed by atoms with E-state index < -0.39 is 10.0 Å². The largest absolute Gasteiger partial charge is 0.493 e. The van der Waals surface area contributed by atoms with Gasteiger partial charge >= 0.3 is 0 Å². The predicted octanol–water partition coefficient (Wildman–Crippen LogP) is 2.42. The van der Waals surface area contributed by atoms with E-state index in [0.29, 0.717) is 11.5 Å². The van der Waals surface area contributed by atoms with Crippen LogP contribution in [-0.4, -0.2) is 48.2 Å². The number of methoxy groups -OCH3 is 2. The third kappa shape index (κ3) is 4.72. The van der Waals surface area contributed by atoms with Crippen molar-refractivity contribution in [2.24, 2.45) is 0 Å². The standard InChI is InChI=1S/C18H23FN2O4S/c1-21(2)16(13-5-7-14(19)8-6-13)12-20-26(22,23)15-9-10-17(24-3)18(11-15)25-4/h5-11,16,20H,12H2,1-4H3. The summed E-state index contributed by atoms with van der Waals surface area (Å²) in [5.74, 6) is 0.444. The van der Waals surface area contributed by atoms with E-state index in [1.807, 2.05) is 19.0 Å². The molecule has 1 N–H and O–H groups in total. The summed E-state index contributed by atoms with van der Waals surface area (Å²) in [4.78, 5) is 1.94. The van der Waals surface area contributed by atoms with Crippen molar-refractivity contribution in [2.45, 2.75) is 10.9 Å². The topological polar surface area (TPSA) is 67.9 Å². The first-order chi connectivity index (χ1) is 12.3. The minimum absolute atomic E-state index is 0.0757. The summed E-state index contributed by atoms with van der Waals surface area (Å²) in [5.41, 5.74) is 0.811. The Labute approximate surface area is 153 Å². The maximum Gasteiger partial charge on any atom is 0.240 e. The van der Waals surface area contributed by atoms with E-state index in [1.54, 1.807) is 12.1 Å². The van der Waals surface area contributed by atoms with Crippen molar-refractivity contribution < 1.29 is 22.3 Å². The zero-order chi connectivity index (χ0) is 19.3. The van der Waals surface area contributed by atoms with E-state index in [4.69, 9.17) is 9.47 Å². The number of likely N-dealkylation sites (N-methyl/N-ethyl adjacent to an activating group) is 1. The summed E-state index contributed by atoms with van der Waals surface area (Å²) < 4.78 is 51.3. The van der Waals surface area contributed by atoms with E-state index in [9.17, 15) is 12.8 Å². The lowest BCUT2D eigenvalue weighted by molar-refractivity contribution is 0.299. The summed E-state index contributed by atoms with van der Waals surface area (Å²) in [6.07, 6.45) is 0. The Morgan fingerprint density at radius 1 is 1.04 bits per heavy atom. The molecule has 26 heavy (non-hydrogen) atoms. The molecule has 1 atom stereocenters. The van der Waals surface area contributed by atoms with E-state index in [0.717, 1.165) is 5.56 Å². The van der Waals surface area contributed by atoms with Gasteiger partial charge in [-0.25, -0.2) is 17.5 Å². The van der Waals surface area contributed by atoms with Crippen molar-refractivity contribution in [3.05, 3.63) is 53.8 Å². The third-order valence-electron chi connectivity index (χ3n) is 4.01. The molecule has 0 saturated heterocycles. The molecule has 6 nitrogen and oxygen atoms in total. The van der Waals surface area contributed by atoms with Gasteiger partial charge in [-0.3, -0.25) is 0 Å². The summed E-state index contributed by atoms with van der Waals surface area (Å²) >= 11 is 0. The summed E-state index contributed by atoms with van der Waals surface area (Å²) in [6.45, 7) is 0.134. The van der Waals surface area contributed by atoms with Gasteiger partial charge in [-0.2, -0.15) is 0 Å². The third-order valence-corrected chi connectivity index (χ3v) is 5.43. The maximum absolute atomic E-state index is 13.1. The molecule has 0 bridgehead atoms. The zero-order valence-electron chi connectivity index (χ0n) is 15.2. The Bertz CT molecular complexity index is 839. The molecule has 0 aromatic heterocycles. The molecule has 2 aromatic carbocycles. The van der Waals surface area contributed by atoms with Crippen molar-refractivity contribution in [3.63, 3.8) is 0 Å². The van der Waals surface area contributed by atoms with Gasteiger partial charge in [-0.1, -0.05) is 12.1 Å². The number of hydrogen-bond acceptors (Lipinski definition) is 5. The van der Waals surface area contributed by atoms with Crippen LogP contribution >= 0.6 is 0 Å². The summed E-state index contributed by atoms with van der Waals surface area (Å²) in [5, 5.41) is 0.